The minimum absolute atomic E-state index is 0.143. The van der Waals surface area contributed by atoms with E-state index < -0.39 is 0 Å². The number of carbonyl (C=O) groups excluding carboxylic acids is 2. The van der Waals surface area contributed by atoms with Crippen LogP contribution in [-0.4, -0.2) is 152 Å². The number of nitrogen functional groups attached to an aromatic ring is 1. The van der Waals surface area contributed by atoms with Crippen LogP contribution in [0.1, 0.15) is 123 Å². The number of amides is 2. The van der Waals surface area contributed by atoms with Gasteiger partial charge in [0.1, 0.15) is 13.2 Å². The summed E-state index contributed by atoms with van der Waals surface area (Å²) in [5.74, 6) is 1.06. The Kier molecular flexibility index (Phi) is 26.1. The second kappa shape index (κ2) is 37.8. The molecule has 3 aliphatic carbocycles. The molecule has 29 heteroatoms. The summed E-state index contributed by atoms with van der Waals surface area (Å²) in [5.41, 5.74) is 21.2. The number of rotatable bonds is 23. The number of nitrogens with zero attached hydrogens (tertiary/aromatic N) is 18. The number of ether oxygens (including phenoxy) is 2. The lowest BCUT2D eigenvalue weighted by Gasteiger charge is -2.31. The third-order valence-electron chi connectivity index (χ3n) is 22.5. The summed E-state index contributed by atoms with van der Waals surface area (Å²) in [6.07, 6.45) is 27.4. The molecule has 0 spiro atoms. The first-order valence-electron chi connectivity index (χ1n) is 40.3. The molecule has 3 saturated heterocycles. The van der Waals surface area contributed by atoms with E-state index in [1.165, 1.54) is 0 Å². The van der Waals surface area contributed by atoms with E-state index >= 15 is 0 Å². The van der Waals surface area contributed by atoms with Gasteiger partial charge in [-0.15, -0.1) is 0 Å². The molecule has 0 radical (unpaired) electrons. The van der Waals surface area contributed by atoms with Crippen molar-refractivity contribution < 1.29 is 19.1 Å². The highest BCUT2D eigenvalue weighted by Crippen LogP contribution is 2.47. The molecule has 2 amide bonds. The molecule has 0 unspecified atom stereocenters. The first-order valence-corrected chi connectivity index (χ1v) is 40.7. The van der Waals surface area contributed by atoms with Crippen molar-refractivity contribution in [2.45, 2.75) is 129 Å². The first-order chi connectivity index (χ1) is 57.4. The number of nitrogens with two attached hydrogens (primary N) is 1. The minimum atomic E-state index is -0.274. The van der Waals surface area contributed by atoms with Gasteiger partial charge in [-0.25, -0.2) is 39.5 Å². The summed E-state index contributed by atoms with van der Waals surface area (Å²) < 4.78 is 16.8. The van der Waals surface area contributed by atoms with E-state index in [4.69, 9.17) is 42.0 Å². The van der Waals surface area contributed by atoms with Crippen molar-refractivity contribution in [1.82, 2.24) is 73.9 Å². The van der Waals surface area contributed by atoms with Crippen molar-refractivity contribution in [1.29, 1.82) is 15.8 Å². The molecule has 118 heavy (non-hydrogen) atoms. The molecule has 3 aliphatic heterocycles. The molecule has 0 atom stereocenters. The Hall–Kier alpha value is -13.0. The molecule has 9 heterocycles. The molecule has 5 aromatic carbocycles. The second-order valence-corrected chi connectivity index (χ2v) is 31.9. The predicted octanol–water partition coefficient (Wildman–Crippen LogP) is 16.7. The molecule has 606 valence electrons. The fourth-order valence-electron chi connectivity index (χ4n) is 14.3. The topological polar surface area (TPSA) is 351 Å². The van der Waals surface area contributed by atoms with Crippen LogP contribution in [0.2, 0.25) is 5.28 Å². The Bertz CT molecular complexity index is 5320. The number of hydrogen-bond acceptors (Lipinski definition) is 23. The number of halogens is 1. The summed E-state index contributed by atoms with van der Waals surface area (Å²) in [4.78, 5) is 57.2. The zero-order valence-electron chi connectivity index (χ0n) is 67.0. The maximum absolute atomic E-state index is 12.5. The minimum Gasteiger partial charge on any atom is -0.445 e. The Labute approximate surface area is 692 Å². The SMILES string of the molecule is Cc1cnc(Cl)nc1-c1ccc(NCC2(C#N)CC2)cc1.Cc1cnc(Nc2cnn(C3CCN(C(=O)OCc4ccccc4)CC3)c2)nc1-c1ccc(NCC2(C#N)CC2)cc1.Cc1cnc(Nc2cnn(C3CCN(C)CC3)c2)nc1-c1ccc(NCC2(C#N)CC2)cc1.Nc1cnn(C2CCN(C(=O)OCc3ccccc3)CC2)c1. The normalized spacial score (nSPS) is 16.4. The van der Waals surface area contributed by atoms with Gasteiger partial charge in [-0.3, -0.25) is 14.0 Å². The van der Waals surface area contributed by atoms with Crippen LogP contribution >= 0.6 is 11.6 Å². The van der Waals surface area contributed by atoms with E-state index in [0.717, 1.165) is 180 Å². The highest BCUT2D eigenvalue weighted by atomic mass is 35.5. The fourth-order valence-corrected chi connectivity index (χ4v) is 14.4. The molecule has 7 N–H and O–H groups in total. The van der Waals surface area contributed by atoms with Crippen LogP contribution < -0.4 is 32.3 Å². The van der Waals surface area contributed by atoms with Crippen molar-refractivity contribution in [2.24, 2.45) is 16.2 Å². The number of aryl methyl sites for hydroxylation is 3. The molecule has 17 rings (SSSR count). The maximum Gasteiger partial charge on any atom is 0.410 e. The summed E-state index contributed by atoms with van der Waals surface area (Å²) in [5, 5.41) is 57.9. The van der Waals surface area contributed by atoms with E-state index in [1.54, 1.807) is 28.4 Å². The smallest absolute Gasteiger partial charge is 0.410 e. The lowest BCUT2D eigenvalue weighted by molar-refractivity contribution is 0.0815. The highest BCUT2D eigenvalue weighted by Gasteiger charge is 2.44. The number of benzene rings is 5. The number of piperidine rings is 3. The summed E-state index contributed by atoms with van der Waals surface area (Å²) in [6.45, 7) is 13.5. The van der Waals surface area contributed by atoms with Gasteiger partial charge in [0.25, 0.3) is 0 Å². The number of aromatic nitrogens is 12. The van der Waals surface area contributed by atoms with Gasteiger partial charge in [0.15, 0.2) is 0 Å². The third-order valence-corrected chi connectivity index (χ3v) is 22.7. The largest absolute Gasteiger partial charge is 0.445 e. The van der Waals surface area contributed by atoms with Crippen molar-refractivity contribution in [3.63, 3.8) is 0 Å². The van der Waals surface area contributed by atoms with Gasteiger partial charge in [0, 0.05) is 117 Å². The standard InChI is InChI=1S/C32H34N8O2.C25H30N8.C16H15ClN4.C16H20N4O2/c1-23-17-34-30(38-29(23)25-7-9-26(10-8-25)35-22-32(21-33)13-14-32)37-27-18-36-40(19-27)28-11-15-39(16-12-28)31(41)42-20-24-5-3-2-4-6-24;1-18-13-27-24(30-21-14-29-33(15-21)22-7-11-32(2)12-8-22)31-23(18)19-3-5-20(6-4-19)28-17-25(16-26)9-10-25;1-11-8-19-15(17)21-14(11)12-2-4-13(5-3-12)20-10-16(9-18)6-7-16;17-14-10-18-20(11-14)15-6-8-19(9-7-15)16(21)22-12-13-4-2-1-3-5-13/h2-10,17-19,28,35H,11-16,20,22H2,1H3,(H,34,37,38);3-6,13-15,22,28H,7-12,17H2,1-2H3,(H,27,30,31);2-5,8,20H,6-7,10H2,1H3;1-5,10-11,15H,6-9,12,17H2. The van der Waals surface area contributed by atoms with Crippen molar-refractivity contribution in [3.8, 4) is 52.0 Å². The molecule has 6 aliphatic rings. The van der Waals surface area contributed by atoms with E-state index in [-0.39, 0.29) is 46.4 Å². The fraction of sp³-hybridized carbons (Fsp3) is 0.371. The van der Waals surface area contributed by atoms with E-state index in [1.807, 2.05) is 189 Å². The number of anilines is 8. The van der Waals surface area contributed by atoms with Crippen LogP contribution in [0.15, 0.2) is 189 Å². The zero-order valence-corrected chi connectivity index (χ0v) is 67.8. The molecule has 3 saturated carbocycles. The Morgan fingerprint density at radius 2 is 0.788 bits per heavy atom. The number of carbonyl (C=O) groups is 2. The van der Waals surface area contributed by atoms with Crippen LogP contribution in [0, 0.1) is 71.0 Å². The van der Waals surface area contributed by atoms with Gasteiger partial charge in [0.2, 0.25) is 17.2 Å². The third kappa shape index (κ3) is 22.0. The monoisotopic (exact) mass is 1600 g/mol. The van der Waals surface area contributed by atoms with Gasteiger partial charge in [0.05, 0.1) is 105 Å². The van der Waals surface area contributed by atoms with Crippen LogP contribution in [0.3, 0.4) is 0 Å². The molecular weight excluding hydrogens is 1500 g/mol. The van der Waals surface area contributed by atoms with Gasteiger partial charge in [-0.05, 0) is 194 Å². The molecule has 6 fully saturated rings. The molecule has 6 aromatic heterocycles. The quantitative estimate of drug-likeness (QED) is 0.0324. The van der Waals surface area contributed by atoms with Crippen LogP contribution in [0.5, 0.6) is 0 Å². The van der Waals surface area contributed by atoms with Crippen LogP contribution in [0.4, 0.5) is 55.6 Å². The maximum atomic E-state index is 12.5. The second-order valence-electron chi connectivity index (χ2n) is 31.6. The lowest BCUT2D eigenvalue weighted by atomic mass is 10.1. The molecular formula is C89H99ClN24O4. The zero-order chi connectivity index (χ0) is 82.0. The molecule has 0 bridgehead atoms. The van der Waals surface area contributed by atoms with E-state index in [0.29, 0.717) is 82.1 Å². The van der Waals surface area contributed by atoms with Crippen molar-refractivity contribution in [2.75, 3.05) is 98.3 Å². The first kappa shape index (κ1) is 81.6. The average molecular weight is 1600 g/mol. The van der Waals surface area contributed by atoms with Crippen LogP contribution in [-0.2, 0) is 22.7 Å². The summed E-state index contributed by atoms with van der Waals surface area (Å²) in [7, 11) is 2.17. The average Bonchev–Trinajstić information content (AvgIpc) is 1.66. The Balaban J connectivity index is 0.000000135. The number of nitriles is 3. The Morgan fingerprint density at radius 1 is 0.449 bits per heavy atom. The molecule has 11 aromatic rings. The summed E-state index contributed by atoms with van der Waals surface area (Å²) in [6, 6.07) is 51.9. The van der Waals surface area contributed by atoms with Gasteiger partial charge in [-0.1, -0.05) is 97.1 Å². The van der Waals surface area contributed by atoms with Gasteiger partial charge >= 0.3 is 12.2 Å². The number of hydrogen-bond donors (Lipinski definition) is 6. The van der Waals surface area contributed by atoms with E-state index in [9.17, 15) is 20.1 Å². The summed E-state index contributed by atoms with van der Waals surface area (Å²) >= 11 is 5.86. The number of nitrogens with one attached hydrogen (secondary N) is 5. The highest BCUT2D eigenvalue weighted by molar-refractivity contribution is 6.28. The number of likely N-dealkylation sites (tertiary alicyclic amines) is 3. The lowest BCUT2D eigenvalue weighted by Crippen LogP contribution is -2.39. The van der Waals surface area contributed by atoms with Crippen molar-refractivity contribution in [3.05, 3.63) is 222 Å². The van der Waals surface area contributed by atoms with Crippen molar-refractivity contribution >= 4 is 69.8 Å². The Morgan fingerprint density at radius 3 is 1.14 bits per heavy atom. The van der Waals surface area contributed by atoms with E-state index in [2.05, 4.69) is 109 Å². The van der Waals surface area contributed by atoms with Gasteiger partial charge in [-0.2, -0.15) is 31.1 Å². The van der Waals surface area contributed by atoms with Crippen LogP contribution in [0.25, 0.3) is 33.8 Å². The molecule has 28 nitrogen and oxygen atoms in total. The predicted molar refractivity (Wildman–Crippen MR) is 455 cm³/mol. The van der Waals surface area contributed by atoms with Gasteiger partial charge < -0.3 is 56.5 Å².